The standard InChI is InChI=1S/C14H33NO2Si/c1-6-11-13-15(14-12-7-2)18(10-5,16-8-3)17-9-4/h6-14H2,1-5H3. The number of rotatable bonds is 12. The molecule has 4 heteroatoms. The molecule has 0 saturated heterocycles. The fourth-order valence-electron chi connectivity index (χ4n) is 2.25. The van der Waals surface area contributed by atoms with E-state index in [1.54, 1.807) is 0 Å². The zero-order chi connectivity index (χ0) is 13.9. The van der Waals surface area contributed by atoms with Gasteiger partial charge >= 0.3 is 8.72 Å². The Morgan fingerprint density at radius 2 is 1.22 bits per heavy atom. The van der Waals surface area contributed by atoms with Gasteiger partial charge in [0.25, 0.3) is 0 Å². The van der Waals surface area contributed by atoms with Crippen LogP contribution in [0.5, 0.6) is 0 Å². The van der Waals surface area contributed by atoms with Gasteiger partial charge in [-0.25, -0.2) is 0 Å². The van der Waals surface area contributed by atoms with Gasteiger partial charge < -0.3 is 8.85 Å². The van der Waals surface area contributed by atoms with E-state index in [-0.39, 0.29) is 0 Å². The smallest absolute Gasteiger partial charge is 0.383 e. The van der Waals surface area contributed by atoms with Crippen LogP contribution in [0.4, 0.5) is 0 Å². The van der Waals surface area contributed by atoms with Crippen molar-refractivity contribution in [1.29, 1.82) is 0 Å². The predicted octanol–water partition coefficient (Wildman–Crippen LogP) is 3.92. The largest absolute Gasteiger partial charge is 0.427 e. The first-order chi connectivity index (χ1) is 8.70. The van der Waals surface area contributed by atoms with Gasteiger partial charge in [0.05, 0.1) is 0 Å². The fourth-order valence-corrected chi connectivity index (χ4v) is 5.46. The minimum absolute atomic E-state index is 0.759. The Hall–Kier alpha value is 0.0969. The maximum Gasteiger partial charge on any atom is 0.427 e. The van der Waals surface area contributed by atoms with Crippen LogP contribution in [0.2, 0.25) is 6.04 Å². The third kappa shape index (κ3) is 5.82. The molecule has 18 heavy (non-hydrogen) atoms. The van der Waals surface area contributed by atoms with Gasteiger partial charge in [0.2, 0.25) is 0 Å². The SMILES string of the molecule is CCCCN(CCCC)[Si](CC)(OCC)OCC. The molecule has 0 bridgehead atoms. The van der Waals surface area contributed by atoms with Crippen LogP contribution < -0.4 is 0 Å². The Morgan fingerprint density at radius 1 is 0.778 bits per heavy atom. The van der Waals surface area contributed by atoms with Crippen LogP contribution in [-0.4, -0.2) is 39.6 Å². The van der Waals surface area contributed by atoms with Crippen molar-refractivity contribution in [2.75, 3.05) is 26.3 Å². The summed E-state index contributed by atoms with van der Waals surface area (Å²) in [6.07, 6.45) is 4.93. The van der Waals surface area contributed by atoms with Crippen LogP contribution in [-0.2, 0) is 8.85 Å². The highest BCUT2D eigenvalue weighted by Crippen LogP contribution is 2.20. The van der Waals surface area contributed by atoms with Crippen molar-refractivity contribution in [3.8, 4) is 0 Å². The van der Waals surface area contributed by atoms with Crippen molar-refractivity contribution in [1.82, 2.24) is 4.57 Å². The molecule has 0 saturated carbocycles. The molecule has 0 rings (SSSR count). The summed E-state index contributed by atoms with van der Waals surface area (Å²) in [4.78, 5) is 0. The topological polar surface area (TPSA) is 21.7 Å². The van der Waals surface area contributed by atoms with E-state index in [9.17, 15) is 0 Å². The Balaban J connectivity index is 4.77. The van der Waals surface area contributed by atoms with E-state index in [4.69, 9.17) is 8.85 Å². The molecule has 0 atom stereocenters. The second-order valence-electron chi connectivity index (χ2n) is 4.63. The second kappa shape index (κ2) is 11.0. The van der Waals surface area contributed by atoms with Crippen molar-refractivity contribution >= 4 is 8.72 Å². The zero-order valence-electron chi connectivity index (χ0n) is 13.1. The first-order valence-corrected chi connectivity index (χ1v) is 9.70. The zero-order valence-corrected chi connectivity index (χ0v) is 14.1. The van der Waals surface area contributed by atoms with Gasteiger partial charge in [0.15, 0.2) is 0 Å². The lowest BCUT2D eigenvalue weighted by Gasteiger charge is -2.39. The molecule has 3 nitrogen and oxygen atoms in total. The van der Waals surface area contributed by atoms with Crippen LogP contribution in [0.15, 0.2) is 0 Å². The van der Waals surface area contributed by atoms with Crippen LogP contribution in [0, 0.1) is 0 Å². The fraction of sp³-hybridized carbons (Fsp3) is 1.00. The molecule has 0 aromatic carbocycles. The molecule has 0 unspecified atom stereocenters. The number of nitrogens with zero attached hydrogens (tertiary/aromatic N) is 1. The molecule has 0 aliphatic heterocycles. The molecule has 0 fully saturated rings. The molecule has 0 aromatic rings. The lowest BCUT2D eigenvalue weighted by Crippen LogP contribution is -2.58. The van der Waals surface area contributed by atoms with E-state index < -0.39 is 8.72 Å². The van der Waals surface area contributed by atoms with Crippen molar-refractivity contribution in [3.63, 3.8) is 0 Å². The second-order valence-corrected chi connectivity index (χ2v) is 7.97. The molecule has 0 heterocycles. The summed E-state index contributed by atoms with van der Waals surface area (Å²) >= 11 is 0. The summed E-state index contributed by atoms with van der Waals surface area (Å²) in [5.41, 5.74) is 0. The van der Waals surface area contributed by atoms with Crippen LogP contribution >= 0.6 is 0 Å². The van der Waals surface area contributed by atoms with Gasteiger partial charge in [-0.1, -0.05) is 33.6 Å². The molecule has 110 valence electrons. The van der Waals surface area contributed by atoms with E-state index >= 15 is 0 Å². The lowest BCUT2D eigenvalue weighted by molar-refractivity contribution is 0.119. The Kier molecular flexibility index (Phi) is 11.0. The molecule has 0 radical (unpaired) electrons. The van der Waals surface area contributed by atoms with Crippen molar-refractivity contribution < 1.29 is 8.85 Å². The Labute approximate surface area is 115 Å². The highest BCUT2D eigenvalue weighted by atomic mass is 28.4. The minimum atomic E-state index is -2.14. The van der Waals surface area contributed by atoms with Gasteiger partial charge in [-0.05, 0) is 39.8 Å². The average molecular weight is 276 g/mol. The van der Waals surface area contributed by atoms with E-state index in [2.05, 4.69) is 39.2 Å². The van der Waals surface area contributed by atoms with E-state index in [1.165, 1.54) is 25.7 Å². The number of hydrogen-bond donors (Lipinski definition) is 0. The number of hydrogen-bond acceptors (Lipinski definition) is 3. The molecule has 0 amide bonds. The molecular formula is C14H33NO2Si. The van der Waals surface area contributed by atoms with Gasteiger partial charge in [-0.2, -0.15) is 0 Å². The monoisotopic (exact) mass is 275 g/mol. The molecule has 0 aliphatic carbocycles. The highest BCUT2D eigenvalue weighted by molar-refractivity contribution is 6.64. The average Bonchev–Trinajstić information content (AvgIpc) is 2.38. The normalized spacial score (nSPS) is 12.3. The Morgan fingerprint density at radius 3 is 1.50 bits per heavy atom. The van der Waals surface area contributed by atoms with E-state index in [1.807, 2.05) is 0 Å². The van der Waals surface area contributed by atoms with Crippen LogP contribution in [0.25, 0.3) is 0 Å². The summed E-state index contributed by atoms with van der Waals surface area (Å²) in [6.45, 7) is 14.6. The summed E-state index contributed by atoms with van der Waals surface area (Å²) in [5, 5.41) is 0. The highest BCUT2D eigenvalue weighted by Gasteiger charge is 2.42. The minimum Gasteiger partial charge on any atom is -0.383 e. The van der Waals surface area contributed by atoms with Crippen LogP contribution in [0.3, 0.4) is 0 Å². The molecule has 0 aromatic heterocycles. The predicted molar refractivity (Wildman–Crippen MR) is 80.9 cm³/mol. The summed E-state index contributed by atoms with van der Waals surface area (Å²) in [6, 6.07) is 1.02. The maximum atomic E-state index is 6.12. The number of unbranched alkanes of at least 4 members (excludes halogenated alkanes) is 2. The van der Waals surface area contributed by atoms with E-state index in [0.29, 0.717) is 0 Å². The summed E-state index contributed by atoms with van der Waals surface area (Å²) in [5.74, 6) is 0. The maximum absolute atomic E-state index is 6.12. The summed E-state index contributed by atoms with van der Waals surface area (Å²) < 4.78 is 14.8. The lowest BCUT2D eigenvalue weighted by atomic mass is 10.3. The van der Waals surface area contributed by atoms with Gasteiger partial charge in [-0.15, -0.1) is 0 Å². The third-order valence-electron chi connectivity index (χ3n) is 3.23. The van der Waals surface area contributed by atoms with Gasteiger partial charge in [-0.3, -0.25) is 4.57 Å². The summed E-state index contributed by atoms with van der Waals surface area (Å²) in [7, 11) is -2.14. The first-order valence-electron chi connectivity index (χ1n) is 7.73. The molecular weight excluding hydrogens is 242 g/mol. The van der Waals surface area contributed by atoms with Crippen molar-refractivity contribution in [3.05, 3.63) is 0 Å². The van der Waals surface area contributed by atoms with Gasteiger partial charge in [0, 0.05) is 19.3 Å². The van der Waals surface area contributed by atoms with Crippen LogP contribution in [0.1, 0.15) is 60.3 Å². The molecule has 0 N–H and O–H groups in total. The Bertz CT molecular complexity index is 177. The van der Waals surface area contributed by atoms with E-state index in [0.717, 1.165) is 32.3 Å². The third-order valence-corrected chi connectivity index (χ3v) is 7.02. The molecule has 0 aliphatic rings. The van der Waals surface area contributed by atoms with Crippen molar-refractivity contribution in [2.45, 2.75) is 66.3 Å². The van der Waals surface area contributed by atoms with Crippen molar-refractivity contribution in [2.24, 2.45) is 0 Å². The first kappa shape index (κ1) is 18.1. The van der Waals surface area contributed by atoms with Gasteiger partial charge in [0.1, 0.15) is 0 Å². The quantitative estimate of drug-likeness (QED) is 0.504. The molecule has 0 spiro atoms.